The van der Waals surface area contributed by atoms with Crippen LogP contribution in [0.4, 0.5) is 5.69 Å². The van der Waals surface area contributed by atoms with E-state index in [-0.39, 0.29) is 5.91 Å². The molecule has 1 aromatic heterocycles. The number of rotatable bonds is 4. The Hall–Kier alpha value is -3.54. The lowest BCUT2D eigenvalue weighted by molar-refractivity contribution is -0.111. The molecule has 0 aliphatic carbocycles. The van der Waals surface area contributed by atoms with Crippen molar-refractivity contribution in [2.75, 3.05) is 12.4 Å². The summed E-state index contributed by atoms with van der Waals surface area (Å²) in [5.41, 5.74) is 3.90. The fraction of sp³-hybridized carbons (Fsp3) is 0.100. The second-order valence-corrected chi connectivity index (χ2v) is 5.63. The van der Waals surface area contributed by atoms with Crippen LogP contribution in [0.25, 0.3) is 17.1 Å². The third-order valence-corrected chi connectivity index (χ3v) is 3.79. The fourth-order valence-electron chi connectivity index (χ4n) is 2.39. The molecule has 0 unspecified atom stereocenters. The molecule has 0 spiro atoms. The van der Waals surface area contributed by atoms with Gasteiger partial charge in [-0.15, -0.1) is 0 Å². The first-order valence-corrected chi connectivity index (χ1v) is 7.96. The molecule has 1 heterocycles. The number of para-hydroxylation sites is 2. The highest BCUT2D eigenvalue weighted by molar-refractivity contribution is 6.03. The predicted molar refractivity (Wildman–Crippen MR) is 99.7 cm³/mol. The minimum Gasteiger partial charge on any atom is -0.465 e. The monoisotopic (exact) mass is 347 g/mol. The van der Waals surface area contributed by atoms with Crippen LogP contribution in [-0.4, -0.2) is 29.0 Å². The van der Waals surface area contributed by atoms with Gasteiger partial charge in [0.15, 0.2) is 0 Å². The molecule has 6 heteroatoms. The van der Waals surface area contributed by atoms with Crippen molar-refractivity contribution in [3.8, 4) is 0 Å². The average molecular weight is 347 g/mol. The van der Waals surface area contributed by atoms with E-state index in [9.17, 15) is 9.59 Å². The van der Waals surface area contributed by atoms with Crippen molar-refractivity contribution in [2.45, 2.75) is 6.92 Å². The molecule has 3 aromatic rings. The number of aryl methyl sites for hydroxylation is 1. The molecule has 0 bridgehead atoms. The van der Waals surface area contributed by atoms with Crippen LogP contribution in [-0.2, 0) is 9.53 Å². The van der Waals surface area contributed by atoms with Crippen molar-refractivity contribution in [3.63, 3.8) is 0 Å². The number of carbonyl (C=O) groups is 2. The van der Waals surface area contributed by atoms with Crippen LogP contribution in [0.1, 0.15) is 21.6 Å². The van der Waals surface area contributed by atoms with Gasteiger partial charge >= 0.3 is 5.97 Å². The van der Waals surface area contributed by atoms with Gasteiger partial charge in [-0.2, -0.15) is 0 Å². The van der Waals surface area contributed by atoms with E-state index in [4.69, 9.17) is 4.74 Å². The standard InChI is InChI=1S/C20H17N3O3/c1-13-7-8-14(20(25)26-2)11-18(13)23-19(24)10-9-15-12-21-16-5-3-4-6-17(16)22-15/h3-12H,1-2H3,(H,23,24)/b10-9+. The Morgan fingerprint density at radius 3 is 2.65 bits per heavy atom. The highest BCUT2D eigenvalue weighted by atomic mass is 16.5. The molecule has 0 aliphatic heterocycles. The Balaban J connectivity index is 1.75. The number of ether oxygens (including phenoxy) is 1. The number of fused-ring (bicyclic) bond motifs is 1. The van der Waals surface area contributed by atoms with Crippen molar-refractivity contribution in [1.29, 1.82) is 0 Å². The van der Waals surface area contributed by atoms with Gasteiger partial charge in [0.25, 0.3) is 0 Å². The van der Waals surface area contributed by atoms with E-state index in [1.54, 1.807) is 30.5 Å². The molecule has 0 fully saturated rings. The molecule has 6 nitrogen and oxygen atoms in total. The zero-order valence-electron chi connectivity index (χ0n) is 14.4. The number of anilines is 1. The summed E-state index contributed by atoms with van der Waals surface area (Å²) in [5, 5.41) is 2.76. The zero-order chi connectivity index (χ0) is 18.5. The maximum atomic E-state index is 12.2. The number of aromatic nitrogens is 2. The molecule has 0 saturated carbocycles. The van der Waals surface area contributed by atoms with Crippen molar-refractivity contribution in [1.82, 2.24) is 9.97 Å². The number of carbonyl (C=O) groups excluding carboxylic acids is 2. The SMILES string of the molecule is COC(=O)c1ccc(C)c(NC(=O)/C=C/c2cnc3ccccc3n2)c1. The van der Waals surface area contributed by atoms with Gasteiger partial charge in [-0.05, 0) is 42.8 Å². The van der Waals surface area contributed by atoms with Crippen molar-refractivity contribution < 1.29 is 14.3 Å². The summed E-state index contributed by atoms with van der Waals surface area (Å²) in [6.07, 6.45) is 4.58. The fourth-order valence-corrected chi connectivity index (χ4v) is 2.39. The number of methoxy groups -OCH3 is 1. The maximum absolute atomic E-state index is 12.2. The Kier molecular flexibility index (Phi) is 5.03. The van der Waals surface area contributed by atoms with E-state index in [1.165, 1.54) is 13.2 Å². The summed E-state index contributed by atoms with van der Waals surface area (Å²) in [5.74, 6) is -0.785. The van der Waals surface area contributed by atoms with E-state index in [1.807, 2.05) is 31.2 Å². The molecule has 3 rings (SSSR count). The summed E-state index contributed by atoms with van der Waals surface area (Å²) >= 11 is 0. The Bertz CT molecular complexity index is 1010. The van der Waals surface area contributed by atoms with Gasteiger partial charge < -0.3 is 10.1 Å². The first-order valence-electron chi connectivity index (χ1n) is 7.96. The number of nitrogens with one attached hydrogen (secondary N) is 1. The van der Waals surface area contributed by atoms with E-state index in [0.29, 0.717) is 16.9 Å². The van der Waals surface area contributed by atoms with Crippen LogP contribution in [0.15, 0.2) is 54.7 Å². The molecule has 0 saturated heterocycles. The molecular weight excluding hydrogens is 330 g/mol. The van der Waals surface area contributed by atoms with Gasteiger partial charge in [0.2, 0.25) is 5.91 Å². The first kappa shape index (κ1) is 17.3. The average Bonchev–Trinajstić information content (AvgIpc) is 2.67. The number of hydrogen-bond acceptors (Lipinski definition) is 5. The van der Waals surface area contributed by atoms with Crippen LogP contribution < -0.4 is 5.32 Å². The van der Waals surface area contributed by atoms with E-state index >= 15 is 0 Å². The number of hydrogen-bond donors (Lipinski definition) is 1. The van der Waals surface area contributed by atoms with Crippen LogP contribution >= 0.6 is 0 Å². The smallest absolute Gasteiger partial charge is 0.337 e. The first-order chi connectivity index (χ1) is 12.6. The molecule has 2 aromatic carbocycles. The molecular formula is C20H17N3O3. The second-order valence-electron chi connectivity index (χ2n) is 5.63. The number of amides is 1. The summed E-state index contributed by atoms with van der Waals surface area (Å²) in [7, 11) is 1.31. The Morgan fingerprint density at radius 1 is 1.12 bits per heavy atom. The van der Waals surface area contributed by atoms with Gasteiger partial charge in [-0.25, -0.2) is 9.78 Å². The quantitative estimate of drug-likeness (QED) is 0.578. The topological polar surface area (TPSA) is 81.2 Å². The van der Waals surface area contributed by atoms with Gasteiger partial charge in [0.1, 0.15) is 0 Å². The Morgan fingerprint density at radius 2 is 1.88 bits per heavy atom. The molecule has 1 N–H and O–H groups in total. The molecule has 0 aliphatic rings. The van der Waals surface area contributed by atoms with Gasteiger partial charge in [-0.3, -0.25) is 9.78 Å². The molecule has 1 amide bonds. The Labute approximate surface area is 150 Å². The number of benzene rings is 2. The maximum Gasteiger partial charge on any atom is 0.337 e. The molecule has 26 heavy (non-hydrogen) atoms. The van der Waals surface area contributed by atoms with Crippen LogP contribution in [0.5, 0.6) is 0 Å². The zero-order valence-corrected chi connectivity index (χ0v) is 14.4. The highest BCUT2D eigenvalue weighted by Gasteiger charge is 2.09. The summed E-state index contributed by atoms with van der Waals surface area (Å²) in [6, 6.07) is 12.5. The normalized spacial score (nSPS) is 10.8. The summed E-state index contributed by atoms with van der Waals surface area (Å²) in [4.78, 5) is 32.5. The van der Waals surface area contributed by atoms with Gasteiger partial charge in [0, 0.05) is 11.8 Å². The van der Waals surface area contributed by atoms with Crippen LogP contribution in [0.2, 0.25) is 0 Å². The molecule has 0 radical (unpaired) electrons. The van der Waals surface area contributed by atoms with Crippen molar-refractivity contribution in [2.24, 2.45) is 0 Å². The lowest BCUT2D eigenvalue weighted by atomic mass is 10.1. The second kappa shape index (κ2) is 7.57. The number of esters is 1. The number of nitrogens with zero attached hydrogens (tertiary/aromatic N) is 2. The minimum absolute atomic E-state index is 0.329. The lowest BCUT2D eigenvalue weighted by Gasteiger charge is -2.08. The third kappa shape index (κ3) is 3.92. The highest BCUT2D eigenvalue weighted by Crippen LogP contribution is 2.18. The van der Waals surface area contributed by atoms with Gasteiger partial charge in [-0.1, -0.05) is 18.2 Å². The third-order valence-electron chi connectivity index (χ3n) is 3.79. The van der Waals surface area contributed by atoms with Gasteiger partial charge in [0.05, 0.1) is 35.6 Å². The van der Waals surface area contributed by atoms with E-state index in [0.717, 1.165) is 16.6 Å². The summed E-state index contributed by atoms with van der Waals surface area (Å²) < 4.78 is 4.70. The van der Waals surface area contributed by atoms with Crippen molar-refractivity contribution >= 4 is 34.7 Å². The predicted octanol–water partition coefficient (Wildman–Crippen LogP) is 3.38. The minimum atomic E-state index is -0.456. The van der Waals surface area contributed by atoms with E-state index < -0.39 is 5.97 Å². The largest absolute Gasteiger partial charge is 0.465 e. The van der Waals surface area contributed by atoms with Crippen molar-refractivity contribution in [3.05, 3.63) is 71.6 Å². The molecule has 0 atom stereocenters. The van der Waals surface area contributed by atoms with Crippen LogP contribution in [0, 0.1) is 6.92 Å². The summed E-state index contributed by atoms with van der Waals surface area (Å²) in [6.45, 7) is 1.84. The van der Waals surface area contributed by atoms with E-state index in [2.05, 4.69) is 15.3 Å². The molecule has 130 valence electrons. The van der Waals surface area contributed by atoms with Crippen LogP contribution in [0.3, 0.4) is 0 Å². The lowest BCUT2D eigenvalue weighted by Crippen LogP contribution is -2.10.